The van der Waals surface area contributed by atoms with Crippen molar-refractivity contribution < 1.29 is 9.53 Å². The molecular weight excluding hydrogens is 340 g/mol. The molecule has 0 bridgehead atoms. The number of fused-ring (bicyclic) bond motifs is 3. The van der Waals surface area contributed by atoms with Crippen molar-refractivity contribution in [1.82, 2.24) is 4.98 Å². The van der Waals surface area contributed by atoms with Gasteiger partial charge in [0.1, 0.15) is 5.75 Å². The normalized spacial score (nSPS) is 12.2. The van der Waals surface area contributed by atoms with Crippen molar-refractivity contribution in [2.24, 2.45) is 0 Å². The van der Waals surface area contributed by atoms with E-state index in [1.807, 2.05) is 23.9 Å². The molecule has 0 aliphatic carbocycles. The Labute approximate surface area is 147 Å². The predicted molar refractivity (Wildman–Crippen MR) is 98.1 cm³/mol. The molecule has 120 valence electrons. The number of rotatable bonds is 3. The van der Waals surface area contributed by atoms with E-state index in [4.69, 9.17) is 4.74 Å². The van der Waals surface area contributed by atoms with Crippen LogP contribution in [-0.2, 0) is 5.75 Å². The summed E-state index contributed by atoms with van der Waals surface area (Å²) in [5.74, 6) is 1.46. The van der Waals surface area contributed by atoms with Gasteiger partial charge in [-0.1, -0.05) is 18.2 Å². The lowest BCUT2D eigenvalue weighted by Crippen LogP contribution is -2.11. The fourth-order valence-electron chi connectivity index (χ4n) is 2.56. The lowest BCUT2D eigenvalue weighted by atomic mass is 10.1. The Morgan fingerprint density at radius 1 is 1.17 bits per heavy atom. The number of nitrogens with one attached hydrogen (secondary N) is 1. The van der Waals surface area contributed by atoms with Gasteiger partial charge in [-0.05, 0) is 30.3 Å². The predicted octanol–water partition coefficient (Wildman–Crippen LogP) is 4.68. The molecule has 2 aromatic carbocycles. The number of carbonyl (C=O) groups excluding carboxylic acids is 1. The molecule has 0 saturated carbocycles. The minimum atomic E-state index is -0.162. The van der Waals surface area contributed by atoms with Gasteiger partial charge in [-0.2, -0.15) is 0 Å². The summed E-state index contributed by atoms with van der Waals surface area (Å²) in [5.41, 5.74) is 2.71. The summed E-state index contributed by atoms with van der Waals surface area (Å²) in [7, 11) is 1.60. The first-order valence-corrected chi connectivity index (χ1v) is 9.22. The smallest absolute Gasteiger partial charge is 0.257 e. The molecule has 0 unspecified atom stereocenters. The molecule has 1 aliphatic rings. The van der Waals surface area contributed by atoms with E-state index in [0.29, 0.717) is 10.7 Å². The summed E-state index contributed by atoms with van der Waals surface area (Å²) in [4.78, 5) is 19.5. The van der Waals surface area contributed by atoms with Gasteiger partial charge in [-0.25, -0.2) is 4.98 Å². The lowest BCUT2D eigenvalue weighted by molar-refractivity contribution is 0.102. The first-order valence-electron chi connectivity index (χ1n) is 7.42. The summed E-state index contributed by atoms with van der Waals surface area (Å²) < 4.78 is 5.11. The van der Waals surface area contributed by atoms with Crippen molar-refractivity contribution in [2.75, 3.05) is 12.4 Å². The summed E-state index contributed by atoms with van der Waals surface area (Å²) in [6, 6.07) is 15.3. The number of nitrogens with zero attached hydrogens (tertiary/aromatic N) is 1. The number of hydrogen-bond donors (Lipinski definition) is 1. The maximum atomic E-state index is 12.4. The molecule has 0 fully saturated rings. The van der Waals surface area contributed by atoms with E-state index in [1.54, 1.807) is 42.7 Å². The molecule has 2 heterocycles. The third-order valence-corrected chi connectivity index (χ3v) is 6.02. The summed E-state index contributed by atoms with van der Waals surface area (Å²) in [6.45, 7) is 0. The zero-order chi connectivity index (χ0) is 16.5. The van der Waals surface area contributed by atoms with Gasteiger partial charge in [-0.3, -0.25) is 10.1 Å². The lowest BCUT2D eigenvalue weighted by Gasteiger charge is -2.13. The van der Waals surface area contributed by atoms with Crippen LogP contribution in [0.1, 0.15) is 15.2 Å². The van der Waals surface area contributed by atoms with Gasteiger partial charge in [0, 0.05) is 26.7 Å². The molecule has 3 aromatic rings. The van der Waals surface area contributed by atoms with Crippen molar-refractivity contribution in [1.29, 1.82) is 0 Å². The summed E-state index contributed by atoms with van der Waals surface area (Å²) in [6.07, 6.45) is 0. The molecule has 0 saturated heterocycles. The number of thiazole rings is 1. The van der Waals surface area contributed by atoms with Crippen LogP contribution in [0, 0.1) is 0 Å². The van der Waals surface area contributed by atoms with Crippen LogP contribution in [0.2, 0.25) is 0 Å². The summed E-state index contributed by atoms with van der Waals surface area (Å²) in [5, 5.41) is 3.54. The SMILES string of the molecule is COc1ccc(C(=O)Nc2nc3c(s2)CSc2ccccc2-3)cc1. The molecule has 0 radical (unpaired) electrons. The molecule has 4 nitrogen and oxygen atoms in total. The third kappa shape index (κ3) is 2.79. The molecule has 6 heteroatoms. The molecule has 24 heavy (non-hydrogen) atoms. The van der Waals surface area contributed by atoms with Crippen LogP contribution in [0.3, 0.4) is 0 Å². The number of benzene rings is 2. The van der Waals surface area contributed by atoms with Gasteiger partial charge in [0.05, 0.1) is 12.8 Å². The van der Waals surface area contributed by atoms with E-state index in [1.165, 1.54) is 9.77 Å². The van der Waals surface area contributed by atoms with Crippen LogP contribution in [-0.4, -0.2) is 18.0 Å². The Bertz CT molecular complexity index is 904. The van der Waals surface area contributed by atoms with E-state index in [2.05, 4.69) is 22.4 Å². The Kier molecular flexibility index (Phi) is 4.00. The molecule has 1 amide bonds. The molecule has 4 rings (SSSR count). The standard InChI is InChI=1S/C18H14N2O2S2/c1-22-12-8-6-11(7-9-12)17(21)20-18-19-16-13-4-2-3-5-14(13)23-10-15(16)24-18/h2-9H,10H2,1H3,(H,19,20,21). The van der Waals surface area contributed by atoms with Gasteiger partial charge in [-0.15, -0.1) is 23.1 Å². The monoisotopic (exact) mass is 354 g/mol. The highest BCUT2D eigenvalue weighted by Crippen LogP contribution is 2.44. The molecule has 1 aromatic heterocycles. The first kappa shape index (κ1) is 15.2. The number of methoxy groups -OCH3 is 1. The van der Waals surface area contributed by atoms with E-state index in [9.17, 15) is 4.79 Å². The quantitative estimate of drug-likeness (QED) is 0.742. The topological polar surface area (TPSA) is 51.2 Å². The number of amides is 1. The van der Waals surface area contributed by atoms with Crippen LogP contribution in [0.4, 0.5) is 5.13 Å². The van der Waals surface area contributed by atoms with Crippen LogP contribution >= 0.6 is 23.1 Å². The minimum absolute atomic E-state index is 0.162. The van der Waals surface area contributed by atoms with Crippen molar-refractivity contribution >= 4 is 34.1 Å². The fourth-order valence-corrected chi connectivity index (χ4v) is 4.65. The van der Waals surface area contributed by atoms with Gasteiger partial charge < -0.3 is 4.74 Å². The number of carbonyl (C=O) groups is 1. The van der Waals surface area contributed by atoms with Crippen molar-refractivity contribution in [3.63, 3.8) is 0 Å². The van der Waals surface area contributed by atoms with Gasteiger partial charge in [0.25, 0.3) is 5.91 Å². The van der Waals surface area contributed by atoms with Crippen molar-refractivity contribution in [3.05, 3.63) is 59.0 Å². The zero-order valence-electron chi connectivity index (χ0n) is 12.9. The Hall–Kier alpha value is -2.31. The molecule has 1 N–H and O–H groups in total. The average molecular weight is 354 g/mol. The van der Waals surface area contributed by atoms with Crippen LogP contribution < -0.4 is 10.1 Å². The second-order valence-electron chi connectivity index (χ2n) is 5.26. The minimum Gasteiger partial charge on any atom is -0.497 e. The molecule has 0 atom stereocenters. The van der Waals surface area contributed by atoms with Crippen LogP contribution in [0.15, 0.2) is 53.4 Å². The second-order valence-corrected chi connectivity index (χ2v) is 7.36. The highest BCUT2D eigenvalue weighted by molar-refractivity contribution is 7.98. The van der Waals surface area contributed by atoms with Crippen LogP contribution in [0.25, 0.3) is 11.3 Å². The number of anilines is 1. The first-order chi connectivity index (χ1) is 11.7. The largest absolute Gasteiger partial charge is 0.497 e. The van der Waals surface area contributed by atoms with Gasteiger partial charge in [0.2, 0.25) is 0 Å². The van der Waals surface area contributed by atoms with E-state index in [-0.39, 0.29) is 5.91 Å². The van der Waals surface area contributed by atoms with Gasteiger partial charge in [0.15, 0.2) is 5.13 Å². The average Bonchev–Trinajstić information content (AvgIpc) is 3.04. The maximum Gasteiger partial charge on any atom is 0.257 e. The van der Waals surface area contributed by atoms with Crippen molar-refractivity contribution in [3.8, 4) is 17.0 Å². The maximum absolute atomic E-state index is 12.4. The number of aromatic nitrogens is 1. The third-order valence-electron chi connectivity index (χ3n) is 3.77. The molecule has 0 spiro atoms. The number of hydrogen-bond acceptors (Lipinski definition) is 5. The van der Waals surface area contributed by atoms with E-state index >= 15 is 0 Å². The second kappa shape index (κ2) is 6.30. The Balaban J connectivity index is 1.58. The number of thioether (sulfide) groups is 1. The Morgan fingerprint density at radius 3 is 2.75 bits per heavy atom. The number of ether oxygens (including phenoxy) is 1. The summed E-state index contributed by atoms with van der Waals surface area (Å²) >= 11 is 3.35. The van der Waals surface area contributed by atoms with Gasteiger partial charge >= 0.3 is 0 Å². The van der Waals surface area contributed by atoms with E-state index in [0.717, 1.165) is 22.8 Å². The highest BCUT2D eigenvalue weighted by atomic mass is 32.2. The van der Waals surface area contributed by atoms with E-state index < -0.39 is 0 Å². The Morgan fingerprint density at radius 2 is 1.96 bits per heavy atom. The fraction of sp³-hybridized carbons (Fsp3) is 0.111. The highest BCUT2D eigenvalue weighted by Gasteiger charge is 2.21. The van der Waals surface area contributed by atoms with Crippen molar-refractivity contribution in [2.45, 2.75) is 10.6 Å². The molecular formula is C18H14N2O2S2. The van der Waals surface area contributed by atoms with Crippen LogP contribution in [0.5, 0.6) is 5.75 Å². The molecule has 1 aliphatic heterocycles. The zero-order valence-corrected chi connectivity index (χ0v) is 14.5.